The molecule has 0 fully saturated rings. The molecule has 0 bridgehead atoms. The zero-order chi connectivity index (χ0) is 11.5. The number of aryl methyl sites for hydroxylation is 1. The van der Waals surface area contributed by atoms with E-state index in [4.69, 9.17) is 5.11 Å². The van der Waals surface area contributed by atoms with Crippen LogP contribution in [0.25, 0.3) is 0 Å². The smallest absolute Gasteiger partial charge is 0.0453 e. The molecule has 0 aliphatic carbocycles. The number of hydrogen-bond acceptors (Lipinski definition) is 2. The van der Waals surface area contributed by atoms with Crippen molar-refractivity contribution >= 4 is 5.69 Å². The van der Waals surface area contributed by atoms with Crippen molar-refractivity contribution in [3.63, 3.8) is 0 Å². The van der Waals surface area contributed by atoms with Gasteiger partial charge in [-0.2, -0.15) is 0 Å². The molecule has 84 valence electrons. The van der Waals surface area contributed by atoms with Gasteiger partial charge in [-0.1, -0.05) is 12.1 Å². The van der Waals surface area contributed by atoms with Gasteiger partial charge in [0, 0.05) is 17.8 Å². The Bertz CT molecular complexity index is 331. The van der Waals surface area contributed by atoms with Crippen LogP contribution >= 0.6 is 0 Å². The first-order valence-electron chi connectivity index (χ1n) is 5.41. The second-order valence-corrected chi connectivity index (χ2v) is 4.73. The van der Waals surface area contributed by atoms with Gasteiger partial charge in [-0.05, 0) is 51.3 Å². The predicted octanol–water partition coefficient (Wildman–Crippen LogP) is 2.88. The average Bonchev–Trinajstić information content (AvgIpc) is 2.12. The van der Waals surface area contributed by atoms with Crippen molar-refractivity contribution in [1.29, 1.82) is 0 Å². The summed E-state index contributed by atoms with van der Waals surface area (Å²) in [5.74, 6) is 0. The first kappa shape index (κ1) is 12.1. The Labute approximate surface area is 92.3 Å². The fraction of sp³-hybridized carbons (Fsp3) is 0.538. The molecule has 0 aliphatic heterocycles. The van der Waals surface area contributed by atoms with E-state index in [1.807, 2.05) is 0 Å². The number of hydrogen-bond donors (Lipinski definition) is 2. The molecule has 1 aromatic carbocycles. The molecule has 0 unspecified atom stereocenters. The van der Waals surface area contributed by atoms with E-state index in [-0.39, 0.29) is 12.1 Å². The zero-order valence-electron chi connectivity index (χ0n) is 10.1. The quantitative estimate of drug-likeness (QED) is 0.795. The van der Waals surface area contributed by atoms with Crippen molar-refractivity contribution in [2.24, 2.45) is 0 Å². The minimum atomic E-state index is -0.0622. The number of rotatable bonds is 4. The van der Waals surface area contributed by atoms with Gasteiger partial charge >= 0.3 is 0 Å². The summed E-state index contributed by atoms with van der Waals surface area (Å²) >= 11 is 0. The summed E-state index contributed by atoms with van der Waals surface area (Å²) in [6.07, 6.45) is 0.750. The molecule has 2 heteroatoms. The van der Waals surface area contributed by atoms with Gasteiger partial charge in [0.05, 0.1) is 0 Å². The van der Waals surface area contributed by atoms with Gasteiger partial charge in [-0.3, -0.25) is 0 Å². The second kappa shape index (κ2) is 4.67. The maximum absolute atomic E-state index is 8.96. The molecule has 0 saturated heterocycles. The van der Waals surface area contributed by atoms with Gasteiger partial charge in [0.25, 0.3) is 0 Å². The van der Waals surface area contributed by atoms with E-state index in [0.717, 1.165) is 12.1 Å². The maximum Gasteiger partial charge on any atom is 0.0453 e. The first-order chi connectivity index (χ1) is 6.96. The van der Waals surface area contributed by atoms with Crippen molar-refractivity contribution in [3.05, 3.63) is 29.3 Å². The lowest BCUT2D eigenvalue weighted by molar-refractivity contribution is 0.261. The molecule has 0 aromatic heterocycles. The normalized spacial score (nSPS) is 11.5. The largest absolute Gasteiger partial charge is 0.396 e. The van der Waals surface area contributed by atoms with Crippen molar-refractivity contribution in [2.45, 2.75) is 39.7 Å². The Morgan fingerprint density at radius 1 is 1.27 bits per heavy atom. The van der Waals surface area contributed by atoms with Crippen LogP contribution in [-0.2, 0) is 0 Å². The Kier molecular flexibility index (Phi) is 3.75. The van der Waals surface area contributed by atoms with Crippen LogP contribution in [0.5, 0.6) is 0 Å². The van der Waals surface area contributed by atoms with Crippen LogP contribution in [0, 0.1) is 13.8 Å². The molecule has 0 aliphatic rings. The summed E-state index contributed by atoms with van der Waals surface area (Å²) in [6, 6.07) is 6.25. The number of aliphatic hydroxyl groups is 1. The molecule has 1 aromatic rings. The molecule has 0 atom stereocenters. The fourth-order valence-electron chi connectivity index (χ4n) is 1.59. The third kappa shape index (κ3) is 3.24. The fourth-order valence-corrected chi connectivity index (χ4v) is 1.59. The minimum absolute atomic E-state index is 0.0622. The van der Waals surface area contributed by atoms with Gasteiger partial charge in [0.15, 0.2) is 0 Å². The van der Waals surface area contributed by atoms with Gasteiger partial charge in [-0.25, -0.2) is 0 Å². The SMILES string of the molecule is Cc1cccc(NC(C)(C)CCO)c1C. The minimum Gasteiger partial charge on any atom is -0.396 e. The van der Waals surface area contributed by atoms with E-state index >= 15 is 0 Å². The topological polar surface area (TPSA) is 32.3 Å². The first-order valence-corrected chi connectivity index (χ1v) is 5.41. The highest BCUT2D eigenvalue weighted by molar-refractivity contribution is 5.55. The standard InChI is InChI=1S/C13H21NO/c1-10-6-5-7-12(11(10)2)14-13(3,4)8-9-15/h5-7,14-15H,8-9H2,1-4H3. The van der Waals surface area contributed by atoms with Crippen LogP contribution in [-0.4, -0.2) is 17.3 Å². The van der Waals surface area contributed by atoms with E-state index in [1.54, 1.807) is 0 Å². The van der Waals surface area contributed by atoms with Crippen LogP contribution in [0.3, 0.4) is 0 Å². The molecular formula is C13H21NO. The van der Waals surface area contributed by atoms with Crippen LogP contribution in [0.2, 0.25) is 0 Å². The summed E-state index contributed by atoms with van der Waals surface area (Å²) < 4.78 is 0. The average molecular weight is 207 g/mol. The molecule has 2 N–H and O–H groups in total. The van der Waals surface area contributed by atoms with E-state index < -0.39 is 0 Å². The molecular weight excluding hydrogens is 186 g/mol. The van der Waals surface area contributed by atoms with Crippen LogP contribution in [0.4, 0.5) is 5.69 Å². The molecule has 0 heterocycles. The third-order valence-corrected chi connectivity index (χ3v) is 2.81. The summed E-state index contributed by atoms with van der Waals surface area (Å²) in [5.41, 5.74) is 3.67. The van der Waals surface area contributed by atoms with Gasteiger partial charge < -0.3 is 10.4 Å². The van der Waals surface area contributed by atoms with Crippen LogP contribution in [0.1, 0.15) is 31.4 Å². The monoisotopic (exact) mass is 207 g/mol. The Balaban J connectivity index is 2.85. The van der Waals surface area contributed by atoms with Gasteiger partial charge in [0.1, 0.15) is 0 Å². The summed E-state index contributed by atoms with van der Waals surface area (Å²) in [4.78, 5) is 0. The predicted molar refractivity (Wildman–Crippen MR) is 65.3 cm³/mol. The van der Waals surface area contributed by atoms with Crippen LogP contribution in [0.15, 0.2) is 18.2 Å². The molecule has 0 amide bonds. The van der Waals surface area contributed by atoms with E-state index in [9.17, 15) is 0 Å². The van der Waals surface area contributed by atoms with E-state index in [1.165, 1.54) is 11.1 Å². The molecule has 1 rings (SSSR count). The van der Waals surface area contributed by atoms with Crippen molar-refractivity contribution < 1.29 is 5.11 Å². The highest BCUT2D eigenvalue weighted by atomic mass is 16.3. The molecule has 2 nitrogen and oxygen atoms in total. The van der Waals surface area contributed by atoms with Crippen molar-refractivity contribution in [1.82, 2.24) is 0 Å². The van der Waals surface area contributed by atoms with Crippen molar-refractivity contribution in [3.8, 4) is 0 Å². The second-order valence-electron chi connectivity index (χ2n) is 4.73. The highest BCUT2D eigenvalue weighted by Gasteiger charge is 2.17. The number of nitrogens with one attached hydrogen (secondary N) is 1. The van der Waals surface area contributed by atoms with E-state index in [2.05, 4.69) is 51.2 Å². The number of anilines is 1. The van der Waals surface area contributed by atoms with Gasteiger partial charge in [0.2, 0.25) is 0 Å². The Morgan fingerprint density at radius 3 is 2.53 bits per heavy atom. The Morgan fingerprint density at radius 2 is 1.93 bits per heavy atom. The Hall–Kier alpha value is -1.02. The summed E-state index contributed by atoms with van der Waals surface area (Å²) in [7, 11) is 0. The molecule has 0 saturated carbocycles. The lowest BCUT2D eigenvalue weighted by Crippen LogP contribution is -2.32. The number of benzene rings is 1. The van der Waals surface area contributed by atoms with Crippen molar-refractivity contribution in [2.75, 3.05) is 11.9 Å². The summed E-state index contributed by atoms with van der Waals surface area (Å²) in [6.45, 7) is 8.65. The van der Waals surface area contributed by atoms with E-state index in [0.29, 0.717) is 0 Å². The lowest BCUT2D eigenvalue weighted by atomic mass is 9.99. The molecule has 0 radical (unpaired) electrons. The van der Waals surface area contributed by atoms with Crippen LogP contribution < -0.4 is 5.32 Å². The lowest BCUT2D eigenvalue weighted by Gasteiger charge is -2.28. The van der Waals surface area contributed by atoms with Gasteiger partial charge in [-0.15, -0.1) is 0 Å². The number of aliphatic hydroxyl groups excluding tert-OH is 1. The molecule has 0 spiro atoms. The maximum atomic E-state index is 8.96. The summed E-state index contributed by atoms with van der Waals surface area (Å²) in [5, 5.41) is 12.4. The molecule has 15 heavy (non-hydrogen) atoms. The third-order valence-electron chi connectivity index (χ3n) is 2.81. The zero-order valence-corrected chi connectivity index (χ0v) is 10.1. The highest BCUT2D eigenvalue weighted by Crippen LogP contribution is 2.23.